The summed E-state index contributed by atoms with van der Waals surface area (Å²) in [6.45, 7) is 9.44. The van der Waals surface area contributed by atoms with Crippen molar-refractivity contribution < 1.29 is 9.90 Å². The molecular formula is C13H27N3O2. The van der Waals surface area contributed by atoms with Crippen LogP contribution in [0.3, 0.4) is 0 Å². The summed E-state index contributed by atoms with van der Waals surface area (Å²) in [6.07, 6.45) is 1.55. The number of hydrogen-bond acceptors (Lipinski definition) is 4. The molecule has 1 aliphatic rings. The van der Waals surface area contributed by atoms with Crippen LogP contribution in [0.4, 0.5) is 0 Å². The fraction of sp³-hybridized carbons (Fsp3) is 0.923. The van der Waals surface area contributed by atoms with Crippen LogP contribution in [0.1, 0.15) is 26.7 Å². The van der Waals surface area contributed by atoms with Gasteiger partial charge in [-0.25, -0.2) is 0 Å². The SMILES string of the molecule is CC(C)NCCCC(=O)N1CCN(CCO)CC1. The number of piperazine rings is 1. The van der Waals surface area contributed by atoms with Gasteiger partial charge in [0.05, 0.1) is 6.61 Å². The maximum Gasteiger partial charge on any atom is 0.222 e. The lowest BCUT2D eigenvalue weighted by molar-refractivity contribution is -0.133. The molecule has 0 aliphatic carbocycles. The van der Waals surface area contributed by atoms with Crippen molar-refractivity contribution in [3.63, 3.8) is 0 Å². The summed E-state index contributed by atoms with van der Waals surface area (Å²) in [5.41, 5.74) is 0. The number of rotatable bonds is 7. The van der Waals surface area contributed by atoms with Crippen molar-refractivity contribution >= 4 is 5.91 Å². The Morgan fingerprint density at radius 2 is 1.94 bits per heavy atom. The molecule has 1 amide bonds. The van der Waals surface area contributed by atoms with Crippen molar-refractivity contribution in [2.45, 2.75) is 32.7 Å². The highest BCUT2D eigenvalue weighted by Gasteiger charge is 2.19. The maximum absolute atomic E-state index is 11.9. The largest absolute Gasteiger partial charge is 0.395 e. The molecule has 0 aromatic heterocycles. The van der Waals surface area contributed by atoms with E-state index in [1.165, 1.54) is 0 Å². The molecule has 0 unspecified atom stereocenters. The van der Waals surface area contributed by atoms with Crippen molar-refractivity contribution in [3.05, 3.63) is 0 Å². The molecule has 0 spiro atoms. The van der Waals surface area contributed by atoms with Gasteiger partial charge in [-0.1, -0.05) is 13.8 Å². The lowest BCUT2D eigenvalue weighted by Gasteiger charge is -2.34. The smallest absolute Gasteiger partial charge is 0.222 e. The second-order valence-electron chi connectivity index (χ2n) is 5.16. The number of β-amino-alcohol motifs (C(OH)–C–C–N with tert-alkyl or cyclic N) is 1. The van der Waals surface area contributed by atoms with Crippen LogP contribution in [0.25, 0.3) is 0 Å². The van der Waals surface area contributed by atoms with Crippen LogP contribution in [0, 0.1) is 0 Å². The lowest BCUT2D eigenvalue weighted by atomic mass is 10.2. The summed E-state index contributed by atoms with van der Waals surface area (Å²) in [5, 5.41) is 12.2. The molecule has 0 bridgehead atoms. The molecule has 1 fully saturated rings. The van der Waals surface area contributed by atoms with Crippen LogP contribution in [0.5, 0.6) is 0 Å². The Labute approximate surface area is 110 Å². The molecule has 1 saturated heterocycles. The first-order valence-electron chi connectivity index (χ1n) is 6.98. The van der Waals surface area contributed by atoms with Crippen molar-refractivity contribution in [3.8, 4) is 0 Å². The predicted octanol–water partition coefficient (Wildman–Crippen LogP) is -0.0989. The van der Waals surface area contributed by atoms with Gasteiger partial charge in [-0.3, -0.25) is 9.69 Å². The van der Waals surface area contributed by atoms with E-state index in [1.807, 2.05) is 4.90 Å². The maximum atomic E-state index is 11.9. The lowest BCUT2D eigenvalue weighted by Crippen LogP contribution is -2.49. The average molecular weight is 257 g/mol. The van der Waals surface area contributed by atoms with Crippen LogP contribution in [-0.4, -0.2) is 72.7 Å². The Kier molecular flexibility index (Phi) is 7.23. The van der Waals surface area contributed by atoms with Gasteiger partial charge >= 0.3 is 0 Å². The van der Waals surface area contributed by atoms with Crippen molar-refractivity contribution in [2.75, 3.05) is 45.9 Å². The van der Waals surface area contributed by atoms with E-state index in [4.69, 9.17) is 5.11 Å². The van der Waals surface area contributed by atoms with E-state index in [-0.39, 0.29) is 12.5 Å². The number of nitrogens with zero attached hydrogens (tertiary/aromatic N) is 2. The molecule has 0 radical (unpaired) electrons. The van der Waals surface area contributed by atoms with Crippen LogP contribution >= 0.6 is 0 Å². The summed E-state index contributed by atoms with van der Waals surface area (Å²) in [5.74, 6) is 0.268. The molecule has 2 N–H and O–H groups in total. The average Bonchev–Trinajstić information content (AvgIpc) is 2.35. The van der Waals surface area contributed by atoms with E-state index in [0.717, 1.165) is 45.7 Å². The third kappa shape index (κ3) is 5.80. The zero-order valence-electron chi connectivity index (χ0n) is 11.7. The highest BCUT2D eigenvalue weighted by Crippen LogP contribution is 2.04. The van der Waals surface area contributed by atoms with Crippen molar-refractivity contribution in [1.29, 1.82) is 0 Å². The molecule has 5 heteroatoms. The van der Waals surface area contributed by atoms with Gasteiger partial charge in [0.1, 0.15) is 0 Å². The Hall–Kier alpha value is -0.650. The van der Waals surface area contributed by atoms with E-state index in [9.17, 15) is 4.79 Å². The highest BCUT2D eigenvalue weighted by atomic mass is 16.3. The number of nitrogens with one attached hydrogen (secondary N) is 1. The first-order chi connectivity index (χ1) is 8.63. The van der Waals surface area contributed by atoms with E-state index in [0.29, 0.717) is 12.5 Å². The Morgan fingerprint density at radius 1 is 1.28 bits per heavy atom. The molecule has 0 aromatic carbocycles. The molecule has 5 nitrogen and oxygen atoms in total. The summed E-state index contributed by atoms with van der Waals surface area (Å²) >= 11 is 0. The molecule has 0 atom stereocenters. The molecule has 1 aliphatic heterocycles. The van der Waals surface area contributed by atoms with E-state index >= 15 is 0 Å². The Bertz CT molecular complexity index is 238. The molecule has 18 heavy (non-hydrogen) atoms. The first kappa shape index (κ1) is 15.4. The highest BCUT2D eigenvalue weighted by molar-refractivity contribution is 5.76. The molecule has 1 heterocycles. The minimum absolute atomic E-state index is 0.203. The predicted molar refractivity (Wildman–Crippen MR) is 72.5 cm³/mol. The second-order valence-corrected chi connectivity index (χ2v) is 5.16. The van der Waals surface area contributed by atoms with Gasteiger partial charge in [0.2, 0.25) is 5.91 Å². The van der Waals surface area contributed by atoms with Gasteiger partial charge in [0.15, 0.2) is 0 Å². The Balaban J connectivity index is 2.12. The van der Waals surface area contributed by atoms with E-state index in [2.05, 4.69) is 24.1 Å². The number of carbonyl (C=O) groups is 1. The Morgan fingerprint density at radius 3 is 2.50 bits per heavy atom. The zero-order valence-corrected chi connectivity index (χ0v) is 11.7. The molecule has 0 saturated carbocycles. The summed E-state index contributed by atoms with van der Waals surface area (Å²) in [6, 6.07) is 0.488. The number of hydrogen-bond donors (Lipinski definition) is 2. The monoisotopic (exact) mass is 257 g/mol. The minimum atomic E-state index is 0.203. The number of carbonyl (C=O) groups excluding carboxylic acids is 1. The fourth-order valence-corrected chi connectivity index (χ4v) is 2.15. The standard InChI is InChI=1S/C13H27N3O2/c1-12(2)14-5-3-4-13(18)16-8-6-15(7-9-16)10-11-17/h12,14,17H,3-11H2,1-2H3. The molecule has 0 aromatic rings. The van der Waals surface area contributed by atoms with Gasteiger partial charge in [0.25, 0.3) is 0 Å². The van der Waals surface area contributed by atoms with Crippen LogP contribution < -0.4 is 5.32 Å². The van der Waals surface area contributed by atoms with Crippen LogP contribution in [-0.2, 0) is 4.79 Å². The zero-order chi connectivity index (χ0) is 13.4. The normalized spacial score (nSPS) is 17.4. The summed E-state index contributed by atoms with van der Waals surface area (Å²) in [4.78, 5) is 16.1. The summed E-state index contributed by atoms with van der Waals surface area (Å²) in [7, 11) is 0. The molecule has 1 rings (SSSR count). The van der Waals surface area contributed by atoms with Gasteiger partial charge in [-0.05, 0) is 13.0 Å². The van der Waals surface area contributed by atoms with Gasteiger partial charge in [0, 0.05) is 45.2 Å². The third-order valence-electron chi connectivity index (χ3n) is 3.26. The van der Waals surface area contributed by atoms with E-state index in [1.54, 1.807) is 0 Å². The quantitative estimate of drug-likeness (QED) is 0.626. The van der Waals surface area contributed by atoms with Crippen molar-refractivity contribution in [1.82, 2.24) is 15.1 Å². The minimum Gasteiger partial charge on any atom is -0.395 e. The summed E-state index contributed by atoms with van der Waals surface area (Å²) < 4.78 is 0. The van der Waals surface area contributed by atoms with Crippen LogP contribution in [0.15, 0.2) is 0 Å². The first-order valence-corrected chi connectivity index (χ1v) is 6.98. The van der Waals surface area contributed by atoms with Crippen LogP contribution in [0.2, 0.25) is 0 Å². The third-order valence-corrected chi connectivity index (χ3v) is 3.26. The fourth-order valence-electron chi connectivity index (χ4n) is 2.15. The van der Waals surface area contributed by atoms with Gasteiger partial charge in [-0.2, -0.15) is 0 Å². The second kappa shape index (κ2) is 8.45. The number of amides is 1. The molecule has 106 valence electrons. The van der Waals surface area contributed by atoms with Gasteiger partial charge < -0.3 is 15.3 Å². The topological polar surface area (TPSA) is 55.8 Å². The molecular weight excluding hydrogens is 230 g/mol. The van der Waals surface area contributed by atoms with Gasteiger partial charge in [-0.15, -0.1) is 0 Å². The van der Waals surface area contributed by atoms with E-state index < -0.39 is 0 Å². The number of aliphatic hydroxyl groups is 1. The number of aliphatic hydroxyl groups excluding tert-OH is 1. The van der Waals surface area contributed by atoms with Crippen molar-refractivity contribution in [2.24, 2.45) is 0 Å².